The fourth-order valence-electron chi connectivity index (χ4n) is 2.29. The van der Waals surface area contributed by atoms with Gasteiger partial charge in [-0.05, 0) is 63.6 Å². The standard InChI is InChI=1S/C16H25N3OS.HI/c1-12(2)20-14-7-5-13(6-8-14)19-15(17)18-11-16(3)9-4-10-21-16;/h5-8,12H,4,9-11H2,1-3H3,(H3,17,18,19);1H. The number of ether oxygens (including phenoxy) is 1. The SMILES string of the molecule is CC(C)Oc1ccc(NC(N)=NCC2(C)CCCS2)cc1.I. The van der Waals surface area contributed by atoms with E-state index in [-0.39, 0.29) is 34.8 Å². The summed E-state index contributed by atoms with van der Waals surface area (Å²) in [6.45, 7) is 7.06. The molecule has 0 bridgehead atoms. The van der Waals surface area contributed by atoms with Crippen molar-refractivity contribution < 1.29 is 4.74 Å². The molecule has 1 saturated heterocycles. The summed E-state index contributed by atoms with van der Waals surface area (Å²) in [6, 6.07) is 7.77. The van der Waals surface area contributed by atoms with Gasteiger partial charge >= 0.3 is 0 Å². The Hall–Kier alpha value is -0.630. The van der Waals surface area contributed by atoms with E-state index in [1.54, 1.807) is 0 Å². The van der Waals surface area contributed by atoms with Crippen molar-refractivity contribution in [1.82, 2.24) is 0 Å². The Kier molecular flexibility index (Phi) is 7.82. The summed E-state index contributed by atoms with van der Waals surface area (Å²) >= 11 is 1.99. The molecule has 1 heterocycles. The van der Waals surface area contributed by atoms with E-state index in [4.69, 9.17) is 10.5 Å². The molecule has 4 nitrogen and oxygen atoms in total. The number of nitrogens with two attached hydrogens (primary N) is 1. The van der Waals surface area contributed by atoms with Gasteiger partial charge in [-0.1, -0.05) is 0 Å². The zero-order valence-corrected chi connectivity index (χ0v) is 16.6. The van der Waals surface area contributed by atoms with Gasteiger partial charge in [0.25, 0.3) is 0 Å². The summed E-state index contributed by atoms with van der Waals surface area (Å²) in [7, 11) is 0. The van der Waals surface area contributed by atoms with E-state index < -0.39 is 0 Å². The van der Waals surface area contributed by atoms with Gasteiger partial charge < -0.3 is 15.8 Å². The van der Waals surface area contributed by atoms with Crippen LogP contribution < -0.4 is 15.8 Å². The van der Waals surface area contributed by atoms with Crippen molar-refractivity contribution in [3.63, 3.8) is 0 Å². The van der Waals surface area contributed by atoms with Crippen molar-refractivity contribution in [2.75, 3.05) is 17.6 Å². The number of nitrogens with zero attached hydrogens (tertiary/aromatic N) is 1. The third kappa shape index (κ3) is 6.24. The molecule has 2 rings (SSSR count). The molecule has 0 aromatic heterocycles. The Morgan fingerprint density at radius 1 is 1.41 bits per heavy atom. The Morgan fingerprint density at radius 2 is 2.09 bits per heavy atom. The number of nitrogens with one attached hydrogen (secondary N) is 1. The minimum atomic E-state index is 0. The maximum atomic E-state index is 5.96. The number of hydrogen-bond acceptors (Lipinski definition) is 3. The van der Waals surface area contributed by atoms with Crippen LogP contribution in [0.1, 0.15) is 33.6 Å². The molecule has 1 fully saturated rings. The first kappa shape index (κ1) is 19.4. The van der Waals surface area contributed by atoms with Crippen molar-refractivity contribution in [2.24, 2.45) is 10.7 Å². The Morgan fingerprint density at radius 3 is 2.64 bits per heavy atom. The second-order valence-electron chi connectivity index (χ2n) is 5.92. The molecule has 1 aromatic rings. The fourth-order valence-corrected chi connectivity index (χ4v) is 3.52. The van der Waals surface area contributed by atoms with Gasteiger partial charge in [0.15, 0.2) is 5.96 Å². The van der Waals surface area contributed by atoms with Crippen LogP contribution >= 0.6 is 35.7 Å². The molecule has 0 saturated carbocycles. The van der Waals surface area contributed by atoms with E-state index in [2.05, 4.69) is 17.2 Å². The molecule has 6 heteroatoms. The van der Waals surface area contributed by atoms with Crippen LogP contribution in [0.2, 0.25) is 0 Å². The molecule has 3 N–H and O–H groups in total. The van der Waals surface area contributed by atoms with Crippen LogP contribution in [0.5, 0.6) is 5.75 Å². The normalized spacial score (nSPS) is 21.5. The van der Waals surface area contributed by atoms with Gasteiger partial charge in [-0.25, -0.2) is 0 Å². The number of thioether (sulfide) groups is 1. The van der Waals surface area contributed by atoms with Gasteiger partial charge in [0.2, 0.25) is 0 Å². The Bertz CT molecular complexity index is 485. The first-order valence-electron chi connectivity index (χ1n) is 7.44. The first-order chi connectivity index (χ1) is 9.97. The summed E-state index contributed by atoms with van der Waals surface area (Å²) in [5.74, 6) is 2.57. The molecule has 0 spiro atoms. The van der Waals surface area contributed by atoms with E-state index in [1.807, 2.05) is 49.9 Å². The molecule has 1 aliphatic rings. The monoisotopic (exact) mass is 435 g/mol. The molecule has 1 aromatic carbocycles. The van der Waals surface area contributed by atoms with Crippen LogP contribution in [0.4, 0.5) is 5.69 Å². The van der Waals surface area contributed by atoms with Crippen LogP contribution in [-0.2, 0) is 0 Å². The average Bonchev–Trinajstić information content (AvgIpc) is 2.86. The number of guanidine groups is 1. The van der Waals surface area contributed by atoms with Gasteiger partial charge in [0.05, 0.1) is 12.6 Å². The van der Waals surface area contributed by atoms with Crippen molar-refractivity contribution in [3.05, 3.63) is 24.3 Å². The van der Waals surface area contributed by atoms with Crippen LogP contribution in [0.15, 0.2) is 29.3 Å². The van der Waals surface area contributed by atoms with Gasteiger partial charge in [0, 0.05) is 10.4 Å². The van der Waals surface area contributed by atoms with E-state index in [0.29, 0.717) is 5.96 Å². The Balaban J connectivity index is 0.00000242. The van der Waals surface area contributed by atoms with Gasteiger partial charge in [-0.3, -0.25) is 4.99 Å². The van der Waals surface area contributed by atoms with Crippen LogP contribution in [0, 0.1) is 0 Å². The fraction of sp³-hybridized carbons (Fsp3) is 0.562. The second-order valence-corrected chi connectivity index (χ2v) is 7.60. The molecule has 1 atom stereocenters. The molecule has 1 unspecified atom stereocenters. The lowest BCUT2D eigenvalue weighted by Gasteiger charge is -2.20. The first-order valence-corrected chi connectivity index (χ1v) is 8.43. The summed E-state index contributed by atoms with van der Waals surface area (Å²) in [5.41, 5.74) is 6.89. The van der Waals surface area contributed by atoms with Crippen molar-refractivity contribution in [3.8, 4) is 5.75 Å². The topological polar surface area (TPSA) is 59.6 Å². The predicted octanol–water partition coefficient (Wildman–Crippen LogP) is 4.10. The number of anilines is 1. The highest BCUT2D eigenvalue weighted by atomic mass is 127. The zero-order valence-electron chi connectivity index (χ0n) is 13.5. The lowest BCUT2D eigenvalue weighted by molar-refractivity contribution is 0.242. The summed E-state index contributed by atoms with van der Waals surface area (Å²) in [4.78, 5) is 4.48. The van der Waals surface area contributed by atoms with E-state index in [0.717, 1.165) is 18.0 Å². The summed E-state index contributed by atoms with van der Waals surface area (Å²) in [5, 5.41) is 3.13. The minimum absolute atomic E-state index is 0. The third-order valence-corrected chi connectivity index (χ3v) is 4.91. The van der Waals surface area contributed by atoms with Gasteiger partial charge in [-0.15, -0.1) is 24.0 Å². The minimum Gasteiger partial charge on any atom is -0.491 e. The van der Waals surface area contributed by atoms with E-state index in [1.165, 1.54) is 18.6 Å². The smallest absolute Gasteiger partial charge is 0.193 e. The molecule has 0 radical (unpaired) electrons. The molecule has 1 aliphatic heterocycles. The van der Waals surface area contributed by atoms with E-state index in [9.17, 15) is 0 Å². The quantitative estimate of drug-likeness (QED) is 0.415. The summed E-state index contributed by atoms with van der Waals surface area (Å²) in [6.07, 6.45) is 2.68. The number of benzene rings is 1. The van der Waals surface area contributed by atoms with Crippen LogP contribution in [0.3, 0.4) is 0 Å². The van der Waals surface area contributed by atoms with Gasteiger partial charge in [0.1, 0.15) is 5.75 Å². The maximum absolute atomic E-state index is 5.96. The second kappa shape index (κ2) is 8.86. The van der Waals surface area contributed by atoms with Gasteiger partial charge in [-0.2, -0.15) is 11.8 Å². The average molecular weight is 435 g/mol. The van der Waals surface area contributed by atoms with Crippen LogP contribution in [0.25, 0.3) is 0 Å². The van der Waals surface area contributed by atoms with Crippen molar-refractivity contribution in [1.29, 1.82) is 0 Å². The summed E-state index contributed by atoms with van der Waals surface area (Å²) < 4.78 is 5.86. The van der Waals surface area contributed by atoms with Crippen molar-refractivity contribution >= 4 is 47.4 Å². The molecular weight excluding hydrogens is 409 g/mol. The zero-order chi connectivity index (χ0) is 15.3. The molecule has 124 valence electrons. The highest BCUT2D eigenvalue weighted by Crippen LogP contribution is 2.37. The highest BCUT2D eigenvalue weighted by molar-refractivity contribution is 14.0. The van der Waals surface area contributed by atoms with Crippen LogP contribution in [-0.4, -0.2) is 29.1 Å². The molecule has 0 aliphatic carbocycles. The predicted molar refractivity (Wildman–Crippen MR) is 108 cm³/mol. The maximum Gasteiger partial charge on any atom is 0.193 e. The molecular formula is C16H26IN3OS. The lowest BCUT2D eigenvalue weighted by atomic mass is 10.1. The third-order valence-electron chi connectivity index (χ3n) is 3.38. The lowest BCUT2D eigenvalue weighted by Crippen LogP contribution is -2.27. The van der Waals surface area contributed by atoms with E-state index >= 15 is 0 Å². The Labute approximate surface area is 154 Å². The number of rotatable bonds is 5. The number of hydrogen-bond donors (Lipinski definition) is 2. The molecule has 22 heavy (non-hydrogen) atoms. The number of halogens is 1. The number of aliphatic imine (C=N–C) groups is 1. The highest BCUT2D eigenvalue weighted by Gasteiger charge is 2.28. The largest absolute Gasteiger partial charge is 0.491 e. The molecule has 0 amide bonds. The van der Waals surface area contributed by atoms with Crippen molar-refractivity contribution in [2.45, 2.75) is 44.5 Å².